The van der Waals surface area contributed by atoms with Crippen LogP contribution >= 0.6 is 0 Å². The third-order valence-corrected chi connectivity index (χ3v) is 3.01. The van der Waals surface area contributed by atoms with Crippen LogP contribution in [0, 0.1) is 5.82 Å². The molecular formula is C14H18FNO4. The first-order valence-electron chi connectivity index (χ1n) is 6.24. The van der Waals surface area contributed by atoms with E-state index < -0.39 is 29.3 Å². The van der Waals surface area contributed by atoms with Crippen molar-refractivity contribution in [2.75, 3.05) is 6.61 Å². The van der Waals surface area contributed by atoms with Crippen molar-refractivity contribution in [2.24, 2.45) is 0 Å². The van der Waals surface area contributed by atoms with Gasteiger partial charge in [0.05, 0.1) is 0 Å². The van der Waals surface area contributed by atoms with Crippen LogP contribution in [-0.4, -0.2) is 29.7 Å². The van der Waals surface area contributed by atoms with Crippen LogP contribution in [0.4, 0.5) is 4.39 Å². The SMILES string of the molecule is CCOC(C)C(=O)NC(C)(C(=O)O)c1ccc(F)cc1. The molecule has 0 saturated heterocycles. The lowest BCUT2D eigenvalue weighted by Gasteiger charge is -2.28. The zero-order valence-electron chi connectivity index (χ0n) is 11.6. The molecule has 1 amide bonds. The molecule has 0 radical (unpaired) electrons. The number of carbonyl (C=O) groups is 2. The minimum atomic E-state index is -1.64. The van der Waals surface area contributed by atoms with Crippen LogP contribution in [0.2, 0.25) is 0 Å². The number of aliphatic carboxylic acids is 1. The van der Waals surface area contributed by atoms with Gasteiger partial charge < -0.3 is 15.2 Å². The van der Waals surface area contributed by atoms with Crippen LogP contribution in [0.1, 0.15) is 26.3 Å². The van der Waals surface area contributed by atoms with E-state index in [0.717, 1.165) is 12.1 Å². The lowest BCUT2D eigenvalue weighted by molar-refractivity contribution is -0.149. The highest BCUT2D eigenvalue weighted by molar-refractivity contribution is 5.89. The molecular weight excluding hydrogens is 265 g/mol. The summed E-state index contributed by atoms with van der Waals surface area (Å²) in [7, 11) is 0. The van der Waals surface area contributed by atoms with Crippen molar-refractivity contribution in [3.63, 3.8) is 0 Å². The average molecular weight is 283 g/mol. The third kappa shape index (κ3) is 3.54. The minimum absolute atomic E-state index is 0.281. The van der Waals surface area contributed by atoms with Crippen molar-refractivity contribution in [1.82, 2.24) is 5.32 Å². The highest BCUT2D eigenvalue weighted by Gasteiger charge is 2.38. The second-order valence-corrected chi connectivity index (χ2v) is 4.52. The van der Waals surface area contributed by atoms with Gasteiger partial charge in [-0.15, -0.1) is 0 Å². The first-order valence-corrected chi connectivity index (χ1v) is 6.24. The predicted octanol–water partition coefficient (Wildman–Crippen LogP) is 1.67. The van der Waals surface area contributed by atoms with E-state index >= 15 is 0 Å². The summed E-state index contributed by atoms with van der Waals surface area (Å²) in [5.41, 5.74) is -1.36. The Kier molecular flexibility index (Phi) is 5.21. The van der Waals surface area contributed by atoms with Gasteiger partial charge in [-0.3, -0.25) is 4.79 Å². The summed E-state index contributed by atoms with van der Waals surface area (Å²) in [5.74, 6) is -2.25. The fourth-order valence-corrected chi connectivity index (χ4v) is 1.71. The molecule has 2 unspecified atom stereocenters. The Bertz CT molecular complexity index is 488. The Morgan fingerprint density at radius 1 is 1.40 bits per heavy atom. The van der Waals surface area contributed by atoms with Gasteiger partial charge in [0.1, 0.15) is 11.9 Å². The van der Waals surface area contributed by atoms with E-state index in [4.69, 9.17) is 4.74 Å². The molecule has 110 valence electrons. The second kappa shape index (κ2) is 6.47. The molecule has 1 aromatic rings. The largest absolute Gasteiger partial charge is 0.479 e. The first kappa shape index (κ1) is 16.1. The Morgan fingerprint density at radius 3 is 2.40 bits per heavy atom. The van der Waals surface area contributed by atoms with Crippen LogP contribution in [-0.2, 0) is 19.9 Å². The first-order chi connectivity index (χ1) is 9.31. The maximum Gasteiger partial charge on any atom is 0.333 e. The zero-order chi connectivity index (χ0) is 15.3. The molecule has 0 heterocycles. The highest BCUT2D eigenvalue weighted by atomic mass is 19.1. The monoisotopic (exact) mass is 283 g/mol. The predicted molar refractivity (Wildman–Crippen MR) is 70.6 cm³/mol. The summed E-state index contributed by atoms with van der Waals surface area (Å²) in [4.78, 5) is 23.4. The number of ether oxygens (including phenoxy) is 1. The summed E-state index contributed by atoms with van der Waals surface area (Å²) >= 11 is 0. The molecule has 2 N–H and O–H groups in total. The van der Waals surface area contributed by atoms with E-state index in [0.29, 0.717) is 6.61 Å². The smallest absolute Gasteiger partial charge is 0.333 e. The van der Waals surface area contributed by atoms with Gasteiger partial charge in [0.2, 0.25) is 5.91 Å². The van der Waals surface area contributed by atoms with E-state index in [1.807, 2.05) is 0 Å². The normalized spacial score (nSPS) is 15.2. The van der Waals surface area contributed by atoms with Gasteiger partial charge in [-0.05, 0) is 38.5 Å². The Morgan fingerprint density at radius 2 is 1.95 bits per heavy atom. The lowest BCUT2D eigenvalue weighted by atomic mass is 9.91. The zero-order valence-corrected chi connectivity index (χ0v) is 11.6. The molecule has 0 aliphatic rings. The van der Waals surface area contributed by atoms with E-state index in [1.165, 1.54) is 26.0 Å². The quantitative estimate of drug-likeness (QED) is 0.832. The van der Waals surface area contributed by atoms with Crippen molar-refractivity contribution in [3.05, 3.63) is 35.6 Å². The second-order valence-electron chi connectivity index (χ2n) is 4.52. The van der Waals surface area contributed by atoms with Gasteiger partial charge in [-0.25, -0.2) is 9.18 Å². The number of carbonyl (C=O) groups excluding carboxylic acids is 1. The topological polar surface area (TPSA) is 75.6 Å². The fraction of sp³-hybridized carbons (Fsp3) is 0.429. The van der Waals surface area contributed by atoms with Gasteiger partial charge in [-0.2, -0.15) is 0 Å². The molecule has 0 aromatic heterocycles. The van der Waals surface area contributed by atoms with Crippen molar-refractivity contribution in [3.8, 4) is 0 Å². The number of hydrogen-bond acceptors (Lipinski definition) is 3. The molecule has 2 atom stereocenters. The molecule has 0 bridgehead atoms. The molecule has 20 heavy (non-hydrogen) atoms. The minimum Gasteiger partial charge on any atom is -0.479 e. The van der Waals surface area contributed by atoms with Crippen molar-refractivity contribution in [2.45, 2.75) is 32.4 Å². The number of carboxylic acid groups (broad SMARTS) is 1. The molecule has 1 aromatic carbocycles. The van der Waals surface area contributed by atoms with Gasteiger partial charge in [0, 0.05) is 6.61 Å². The van der Waals surface area contributed by atoms with E-state index in [9.17, 15) is 19.1 Å². The number of halogens is 1. The fourth-order valence-electron chi connectivity index (χ4n) is 1.71. The van der Waals surface area contributed by atoms with Gasteiger partial charge in [0.15, 0.2) is 5.54 Å². The molecule has 0 aliphatic heterocycles. The van der Waals surface area contributed by atoms with Gasteiger partial charge in [0.25, 0.3) is 0 Å². The average Bonchev–Trinajstić information content (AvgIpc) is 2.39. The summed E-state index contributed by atoms with van der Waals surface area (Å²) in [6, 6.07) is 4.95. The lowest BCUT2D eigenvalue weighted by Crippen LogP contribution is -2.52. The van der Waals surface area contributed by atoms with Crippen LogP contribution in [0.25, 0.3) is 0 Å². The van der Waals surface area contributed by atoms with E-state index in [1.54, 1.807) is 6.92 Å². The number of amides is 1. The molecule has 1 rings (SSSR count). The van der Waals surface area contributed by atoms with Crippen LogP contribution in [0.3, 0.4) is 0 Å². The standard InChI is InChI=1S/C14H18FNO4/c1-4-20-9(2)12(17)16-14(3,13(18)19)10-5-7-11(15)8-6-10/h5-9H,4H2,1-3H3,(H,16,17)(H,18,19). The van der Waals surface area contributed by atoms with Crippen LogP contribution in [0.5, 0.6) is 0 Å². The summed E-state index contributed by atoms with van der Waals surface area (Å²) < 4.78 is 18.0. The number of nitrogens with one attached hydrogen (secondary N) is 1. The highest BCUT2D eigenvalue weighted by Crippen LogP contribution is 2.22. The maximum absolute atomic E-state index is 12.9. The molecule has 0 spiro atoms. The van der Waals surface area contributed by atoms with E-state index in [-0.39, 0.29) is 5.56 Å². The van der Waals surface area contributed by atoms with Crippen molar-refractivity contribution < 1.29 is 23.8 Å². The molecule has 6 heteroatoms. The summed E-state index contributed by atoms with van der Waals surface area (Å²) in [6.07, 6.45) is -0.765. The number of rotatable bonds is 6. The molecule has 0 fully saturated rings. The number of carboxylic acids is 1. The Balaban J connectivity index is 3.01. The molecule has 0 aliphatic carbocycles. The number of benzene rings is 1. The summed E-state index contributed by atoms with van der Waals surface area (Å²) in [6.45, 7) is 4.96. The number of hydrogen-bond donors (Lipinski definition) is 2. The van der Waals surface area contributed by atoms with Gasteiger partial charge in [-0.1, -0.05) is 12.1 Å². The van der Waals surface area contributed by atoms with Crippen molar-refractivity contribution in [1.29, 1.82) is 0 Å². The Labute approximate surface area is 116 Å². The van der Waals surface area contributed by atoms with Crippen LogP contribution < -0.4 is 5.32 Å². The summed E-state index contributed by atoms with van der Waals surface area (Å²) in [5, 5.41) is 11.8. The Hall–Kier alpha value is -1.95. The maximum atomic E-state index is 12.9. The molecule has 5 nitrogen and oxygen atoms in total. The van der Waals surface area contributed by atoms with Crippen LogP contribution in [0.15, 0.2) is 24.3 Å². The van der Waals surface area contributed by atoms with Gasteiger partial charge >= 0.3 is 5.97 Å². The van der Waals surface area contributed by atoms with Crippen molar-refractivity contribution >= 4 is 11.9 Å². The van der Waals surface area contributed by atoms with E-state index in [2.05, 4.69) is 5.32 Å². The molecule has 0 saturated carbocycles. The third-order valence-electron chi connectivity index (χ3n) is 3.01.